The summed E-state index contributed by atoms with van der Waals surface area (Å²) in [5.74, 6) is -1.30. The number of aromatic nitrogens is 1. The number of hydrogen-bond acceptors (Lipinski definition) is 5. The molecule has 0 aromatic carbocycles. The maximum Gasteiger partial charge on any atom is 0.355 e. The predicted octanol–water partition coefficient (Wildman–Crippen LogP) is 1.09. The molecule has 0 bridgehead atoms. The summed E-state index contributed by atoms with van der Waals surface area (Å²) in [5.41, 5.74) is -0.0740. The summed E-state index contributed by atoms with van der Waals surface area (Å²) < 4.78 is 5.23. The van der Waals surface area contributed by atoms with E-state index in [0.717, 1.165) is 24.2 Å². The zero-order valence-electron chi connectivity index (χ0n) is 9.96. The number of carbonyl (C=O) groups excluding carboxylic acids is 1. The monoisotopic (exact) mass is 270 g/mol. The van der Waals surface area contributed by atoms with Gasteiger partial charge in [-0.2, -0.15) is 0 Å². The Morgan fingerprint density at radius 1 is 1.50 bits per heavy atom. The first-order valence-corrected chi connectivity index (χ1v) is 6.50. The number of piperidine rings is 1. The zero-order chi connectivity index (χ0) is 13.1. The highest BCUT2D eigenvalue weighted by atomic mass is 32.1. The fourth-order valence-corrected chi connectivity index (χ4v) is 2.66. The molecule has 1 aromatic rings. The van der Waals surface area contributed by atoms with Crippen LogP contribution in [0, 0.1) is 0 Å². The standard InChI is InChI=1S/C11H14N2O4S/c1-17-7-2-4-13(5-3-7)10(14)9-12-8(6-18-9)11(15)16/h6-7H,2-5H2,1H3,(H,15,16). The van der Waals surface area contributed by atoms with Crippen molar-refractivity contribution in [1.82, 2.24) is 9.88 Å². The van der Waals surface area contributed by atoms with E-state index >= 15 is 0 Å². The van der Waals surface area contributed by atoms with Gasteiger partial charge in [-0.05, 0) is 12.8 Å². The highest BCUT2D eigenvalue weighted by Crippen LogP contribution is 2.18. The number of nitrogens with zero attached hydrogens (tertiary/aromatic N) is 2. The average molecular weight is 270 g/mol. The lowest BCUT2D eigenvalue weighted by atomic mass is 10.1. The van der Waals surface area contributed by atoms with E-state index in [1.165, 1.54) is 5.38 Å². The summed E-state index contributed by atoms with van der Waals surface area (Å²) in [4.78, 5) is 28.3. The Bertz CT molecular complexity index is 452. The molecule has 0 spiro atoms. The van der Waals surface area contributed by atoms with Gasteiger partial charge >= 0.3 is 5.97 Å². The van der Waals surface area contributed by atoms with Crippen molar-refractivity contribution in [2.24, 2.45) is 0 Å². The predicted molar refractivity (Wildman–Crippen MR) is 65.0 cm³/mol. The molecule has 0 radical (unpaired) electrons. The molecule has 1 saturated heterocycles. The molecular weight excluding hydrogens is 256 g/mol. The van der Waals surface area contributed by atoms with Crippen LogP contribution >= 0.6 is 11.3 Å². The van der Waals surface area contributed by atoms with Gasteiger partial charge in [-0.3, -0.25) is 4.79 Å². The van der Waals surface area contributed by atoms with E-state index in [1.807, 2.05) is 0 Å². The van der Waals surface area contributed by atoms with Crippen LogP contribution in [0.5, 0.6) is 0 Å². The van der Waals surface area contributed by atoms with Crippen molar-refractivity contribution in [2.75, 3.05) is 20.2 Å². The highest BCUT2D eigenvalue weighted by molar-refractivity contribution is 7.11. The smallest absolute Gasteiger partial charge is 0.355 e. The average Bonchev–Trinajstić information content (AvgIpc) is 2.88. The Kier molecular flexibility index (Phi) is 3.93. The van der Waals surface area contributed by atoms with Gasteiger partial charge in [0.2, 0.25) is 0 Å². The number of hydrogen-bond donors (Lipinski definition) is 1. The van der Waals surface area contributed by atoms with Crippen molar-refractivity contribution in [2.45, 2.75) is 18.9 Å². The van der Waals surface area contributed by atoms with E-state index in [9.17, 15) is 9.59 Å². The minimum atomic E-state index is -1.11. The van der Waals surface area contributed by atoms with Crippen LogP contribution < -0.4 is 0 Å². The number of amides is 1. The zero-order valence-corrected chi connectivity index (χ0v) is 10.8. The second kappa shape index (κ2) is 5.45. The van der Waals surface area contributed by atoms with Gasteiger partial charge in [0, 0.05) is 25.6 Å². The summed E-state index contributed by atoms with van der Waals surface area (Å²) >= 11 is 1.07. The molecule has 1 aliphatic rings. The molecule has 1 fully saturated rings. The number of carbonyl (C=O) groups is 2. The molecule has 0 unspecified atom stereocenters. The Morgan fingerprint density at radius 3 is 2.67 bits per heavy atom. The molecule has 1 aliphatic heterocycles. The number of methoxy groups -OCH3 is 1. The normalized spacial score (nSPS) is 16.8. The number of aromatic carboxylic acids is 1. The maximum absolute atomic E-state index is 12.1. The third-order valence-electron chi connectivity index (χ3n) is 2.97. The molecule has 1 amide bonds. The minimum Gasteiger partial charge on any atom is -0.476 e. The number of thiazole rings is 1. The Labute approximate surface area is 108 Å². The van der Waals surface area contributed by atoms with E-state index in [0.29, 0.717) is 13.1 Å². The molecule has 0 aliphatic carbocycles. The van der Waals surface area contributed by atoms with Crippen LogP contribution in [0.1, 0.15) is 33.1 Å². The number of likely N-dealkylation sites (tertiary alicyclic amines) is 1. The molecule has 1 N–H and O–H groups in total. The fourth-order valence-electron chi connectivity index (χ4n) is 1.90. The van der Waals surface area contributed by atoms with Crippen molar-refractivity contribution in [3.05, 3.63) is 16.1 Å². The molecule has 6 nitrogen and oxygen atoms in total. The van der Waals surface area contributed by atoms with E-state index in [-0.39, 0.29) is 22.7 Å². The lowest BCUT2D eigenvalue weighted by Crippen LogP contribution is -2.40. The molecule has 18 heavy (non-hydrogen) atoms. The van der Waals surface area contributed by atoms with Gasteiger partial charge in [-0.15, -0.1) is 11.3 Å². The van der Waals surface area contributed by atoms with Gasteiger partial charge in [-0.25, -0.2) is 9.78 Å². The van der Waals surface area contributed by atoms with Crippen LogP contribution in [0.4, 0.5) is 0 Å². The van der Waals surface area contributed by atoms with Gasteiger partial charge in [0.1, 0.15) is 0 Å². The number of ether oxygens (including phenoxy) is 1. The van der Waals surface area contributed by atoms with Crippen LogP contribution in [-0.2, 0) is 4.74 Å². The summed E-state index contributed by atoms with van der Waals surface area (Å²) in [6, 6.07) is 0. The first-order valence-electron chi connectivity index (χ1n) is 5.62. The van der Waals surface area contributed by atoms with Crippen molar-refractivity contribution in [1.29, 1.82) is 0 Å². The molecular formula is C11H14N2O4S. The van der Waals surface area contributed by atoms with Gasteiger partial charge in [-0.1, -0.05) is 0 Å². The van der Waals surface area contributed by atoms with Crippen molar-refractivity contribution in [3.8, 4) is 0 Å². The summed E-state index contributed by atoms with van der Waals surface area (Å²) in [5, 5.41) is 10.4. The Balaban J connectivity index is 2.01. The van der Waals surface area contributed by atoms with Crippen LogP contribution in [0.25, 0.3) is 0 Å². The van der Waals surface area contributed by atoms with Crippen molar-refractivity contribution >= 4 is 23.2 Å². The number of carboxylic acids is 1. The van der Waals surface area contributed by atoms with Crippen LogP contribution in [0.15, 0.2) is 5.38 Å². The van der Waals surface area contributed by atoms with Crippen LogP contribution in [0.2, 0.25) is 0 Å². The number of rotatable bonds is 3. The van der Waals surface area contributed by atoms with Gasteiger partial charge in [0.05, 0.1) is 6.10 Å². The van der Waals surface area contributed by atoms with Gasteiger partial charge in [0.15, 0.2) is 10.7 Å². The van der Waals surface area contributed by atoms with Gasteiger partial charge in [0.25, 0.3) is 5.91 Å². The van der Waals surface area contributed by atoms with E-state index in [2.05, 4.69) is 4.98 Å². The largest absolute Gasteiger partial charge is 0.476 e. The highest BCUT2D eigenvalue weighted by Gasteiger charge is 2.25. The first-order chi connectivity index (χ1) is 8.61. The van der Waals surface area contributed by atoms with Crippen LogP contribution in [-0.4, -0.2) is 53.2 Å². The lowest BCUT2D eigenvalue weighted by Gasteiger charge is -2.30. The van der Waals surface area contributed by atoms with E-state index < -0.39 is 5.97 Å². The molecule has 0 atom stereocenters. The SMILES string of the molecule is COC1CCN(C(=O)c2nc(C(=O)O)cs2)CC1. The Hall–Kier alpha value is -1.47. The quantitative estimate of drug-likeness (QED) is 0.889. The van der Waals surface area contributed by atoms with Crippen molar-refractivity contribution in [3.63, 3.8) is 0 Å². The third kappa shape index (κ3) is 2.68. The molecule has 7 heteroatoms. The van der Waals surface area contributed by atoms with E-state index in [1.54, 1.807) is 12.0 Å². The summed E-state index contributed by atoms with van der Waals surface area (Å²) in [7, 11) is 1.67. The Morgan fingerprint density at radius 2 is 2.17 bits per heavy atom. The van der Waals surface area contributed by atoms with Crippen molar-refractivity contribution < 1.29 is 19.4 Å². The molecule has 2 rings (SSSR count). The first kappa shape index (κ1) is 13.0. The maximum atomic E-state index is 12.1. The fraction of sp³-hybridized carbons (Fsp3) is 0.545. The molecule has 2 heterocycles. The minimum absolute atomic E-state index is 0.0740. The second-order valence-corrected chi connectivity index (χ2v) is 4.93. The molecule has 98 valence electrons. The summed E-state index contributed by atoms with van der Waals surface area (Å²) in [6.07, 6.45) is 1.82. The third-order valence-corrected chi connectivity index (χ3v) is 3.80. The second-order valence-electron chi connectivity index (χ2n) is 4.07. The number of carboxylic acid groups (broad SMARTS) is 1. The topological polar surface area (TPSA) is 79.7 Å². The van der Waals surface area contributed by atoms with Crippen LogP contribution in [0.3, 0.4) is 0 Å². The van der Waals surface area contributed by atoms with E-state index in [4.69, 9.17) is 9.84 Å². The summed E-state index contributed by atoms with van der Waals surface area (Å²) in [6.45, 7) is 1.25. The van der Waals surface area contributed by atoms with Gasteiger partial charge < -0.3 is 14.7 Å². The molecule has 1 aromatic heterocycles. The molecule has 0 saturated carbocycles. The lowest BCUT2D eigenvalue weighted by molar-refractivity contribution is 0.0350.